The van der Waals surface area contributed by atoms with E-state index in [4.69, 9.17) is 9.47 Å². The highest BCUT2D eigenvalue weighted by Gasteiger charge is 2.46. The number of aliphatic hydroxyl groups is 6. The van der Waals surface area contributed by atoms with Crippen LogP contribution in [0.4, 0.5) is 0 Å². The summed E-state index contributed by atoms with van der Waals surface area (Å²) in [5.41, 5.74) is 0.354. The SMILES string of the molecule is CO[C@@H]1O[C@H](CO)C(N[C@@H]2C=C(CO)[C@@H](O)C(C)[C@H]2O)[C@H](O)C1O. The fourth-order valence-electron chi connectivity index (χ4n) is 3.28. The van der Waals surface area contributed by atoms with Gasteiger partial charge in [-0.3, -0.25) is 0 Å². The highest BCUT2D eigenvalue weighted by atomic mass is 16.7. The lowest BCUT2D eigenvalue weighted by Gasteiger charge is -2.45. The van der Waals surface area contributed by atoms with Gasteiger partial charge in [-0.1, -0.05) is 13.0 Å². The fourth-order valence-corrected chi connectivity index (χ4v) is 3.28. The van der Waals surface area contributed by atoms with Crippen LogP contribution in [0.15, 0.2) is 11.6 Å². The summed E-state index contributed by atoms with van der Waals surface area (Å²) in [5, 5.41) is 62.5. The van der Waals surface area contributed by atoms with E-state index in [2.05, 4.69) is 5.32 Å². The van der Waals surface area contributed by atoms with Crippen molar-refractivity contribution in [3.8, 4) is 0 Å². The molecule has 0 bridgehead atoms. The molecule has 1 aliphatic carbocycles. The molecule has 0 spiro atoms. The van der Waals surface area contributed by atoms with Gasteiger partial charge in [0, 0.05) is 13.0 Å². The number of methoxy groups -OCH3 is 1. The molecule has 0 aromatic rings. The summed E-state index contributed by atoms with van der Waals surface area (Å²) in [4.78, 5) is 0. The van der Waals surface area contributed by atoms with Crippen LogP contribution in [-0.4, -0.2) is 99.9 Å². The smallest absolute Gasteiger partial charge is 0.186 e. The molecule has 0 amide bonds. The average Bonchev–Trinajstić information content (AvgIpc) is 2.59. The van der Waals surface area contributed by atoms with Crippen LogP contribution in [-0.2, 0) is 9.47 Å². The molecule has 0 saturated carbocycles. The predicted molar refractivity (Wildman–Crippen MR) is 81.8 cm³/mol. The maximum Gasteiger partial charge on any atom is 0.186 e. The lowest BCUT2D eigenvalue weighted by molar-refractivity contribution is -0.273. The summed E-state index contributed by atoms with van der Waals surface area (Å²) in [7, 11) is 1.31. The molecule has 9 atom stereocenters. The van der Waals surface area contributed by atoms with Gasteiger partial charge >= 0.3 is 0 Å². The van der Waals surface area contributed by atoms with Crippen LogP contribution in [0.1, 0.15) is 6.92 Å². The van der Waals surface area contributed by atoms with Gasteiger partial charge in [-0.15, -0.1) is 0 Å². The van der Waals surface area contributed by atoms with Gasteiger partial charge in [0.25, 0.3) is 0 Å². The first-order chi connectivity index (χ1) is 11.3. The monoisotopic (exact) mass is 349 g/mol. The van der Waals surface area contributed by atoms with E-state index in [0.717, 1.165) is 0 Å². The number of nitrogens with one attached hydrogen (secondary N) is 1. The molecule has 9 nitrogen and oxygen atoms in total. The van der Waals surface area contributed by atoms with Gasteiger partial charge in [-0.25, -0.2) is 0 Å². The zero-order valence-corrected chi connectivity index (χ0v) is 13.7. The van der Waals surface area contributed by atoms with E-state index in [1.54, 1.807) is 6.92 Å². The lowest BCUT2D eigenvalue weighted by atomic mass is 9.81. The maximum atomic E-state index is 10.3. The van der Waals surface area contributed by atoms with Crippen LogP contribution in [0.25, 0.3) is 0 Å². The summed E-state index contributed by atoms with van der Waals surface area (Å²) in [6.45, 7) is 0.844. The third kappa shape index (κ3) is 3.64. The predicted octanol–water partition coefficient (Wildman–Crippen LogP) is -3.31. The number of hydrogen-bond acceptors (Lipinski definition) is 9. The van der Waals surface area contributed by atoms with Crippen molar-refractivity contribution in [1.82, 2.24) is 5.32 Å². The molecule has 0 aromatic carbocycles. The molecule has 7 N–H and O–H groups in total. The van der Waals surface area contributed by atoms with Crippen molar-refractivity contribution < 1.29 is 40.1 Å². The van der Waals surface area contributed by atoms with Crippen LogP contribution in [0.3, 0.4) is 0 Å². The second kappa shape index (κ2) is 8.17. The summed E-state index contributed by atoms with van der Waals surface area (Å²) in [6, 6.07) is -1.58. The van der Waals surface area contributed by atoms with Gasteiger partial charge in [-0.2, -0.15) is 0 Å². The Balaban J connectivity index is 2.19. The Morgan fingerprint density at radius 1 is 1.12 bits per heavy atom. The highest BCUT2D eigenvalue weighted by Crippen LogP contribution is 2.28. The zero-order valence-electron chi connectivity index (χ0n) is 13.7. The molecule has 140 valence electrons. The molecule has 1 fully saturated rings. The van der Waals surface area contributed by atoms with Crippen molar-refractivity contribution in [3.63, 3.8) is 0 Å². The van der Waals surface area contributed by atoms with Gasteiger partial charge in [0.1, 0.15) is 18.3 Å². The highest BCUT2D eigenvalue weighted by molar-refractivity contribution is 5.21. The van der Waals surface area contributed by atoms with E-state index in [0.29, 0.717) is 5.57 Å². The van der Waals surface area contributed by atoms with Gasteiger partial charge in [0.15, 0.2) is 6.29 Å². The Kier molecular flexibility index (Phi) is 6.71. The normalized spacial score (nSPS) is 46.7. The van der Waals surface area contributed by atoms with Crippen LogP contribution in [0, 0.1) is 5.92 Å². The minimum atomic E-state index is -1.33. The van der Waals surface area contributed by atoms with Crippen molar-refractivity contribution in [2.45, 2.75) is 55.8 Å². The average molecular weight is 349 g/mol. The van der Waals surface area contributed by atoms with Crippen LogP contribution < -0.4 is 5.32 Å². The van der Waals surface area contributed by atoms with E-state index in [-0.39, 0.29) is 6.61 Å². The van der Waals surface area contributed by atoms with Crippen molar-refractivity contribution in [2.75, 3.05) is 20.3 Å². The van der Waals surface area contributed by atoms with Gasteiger partial charge in [-0.05, 0) is 5.57 Å². The van der Waals surface area contributed by atoms with E-state index in [9.17, 15) is 30.6 Å². The minimum Gasteiger partial charge on any atom is -0.394 e. The first kappa shape index (κ1) is 19.7. The van der Waals surface area contributed by atoms with Crippen molar-refractivity contribution in [1.29, 1.82) is 0 Å². The first-order valence-corrected chi connectivity index (χ1v) is 7.94. The van der Waals surface area contributed by atoms with Crippen LogP contribution in [0.2, 0.25) is 0 Å². The number of hydrogen-bond donors (Lipinski definition) is 7. The summed E-state index contributed by atoms with van der Waals surface area (Å²) in [6.07, 6.45) is -5.04. The second-order valence-electron chi connectivity index (χ2n) is 6.35. The number of aliphatic hydroxyl groups excluding tert-OH is 6. The van der Waals surface area contributed by atoms with Gasteiger partial charge in [0.05, 0.1) is 37.5 Å². The Hall–Kier alpha value is -0.620. The molecule has 3 unspecified atom stereocenters. The molecule has 1 aliphatic heterocycles. The molecule has 24 heavy (non-hydrogen) atoms. The molecule has 0 aromatic heterocycles. The van der Waals surface area contributed by atoms with Gasteiger partial charge < -0.3 is 45.4 Å². The molecule has 2 aliphatic rings. The molecule has 1 heterocycles. The second-order valence-corrected chi connectivity index (χ2v) is 6.35. The topological polar surface area (TPSA) is 152 Å². The molecule has 2 rings (SSSR count). The summed E-state index contributed by atoms with van der Waals surface area (Å²) >= 11 is 0. The Morgan fingerprint density at radius 3 is 2.33 bits per heavy atom. The van der Waals surface area contributed by atoms with E-state index in [1.807, 2.05) is 0 Å². The fraction of sp³-hybridized carbons (Fsp3) is 0.867. The third-order valence-corrected chi connectivity index (χ3v) is 4.86. The Bertz CT molecular complexity index is 445. The quantitative estimate of drug-likeness (QED) is 0.253. The molecular formula is C15H27NO8. The van der Waals surface area contributed by atoms with Crippen molar-refractivity contribution in [2.24, 2.45) is 5.92 Å². The Labute approximate surface area is 140 Å². The zero-order chi connectivity index (χ0) is 18.0. The van der Waals surface area contributed by atoms with E-state index in [1.165, 1.54) is 13.2 Å². The van der Waals surface area contributed by atoms with Crippen molar-refractivity contribution >= 4 is 0 Å². The number of rotatable bonds is 5. The maximum absolute atomic E-state index is 10.3. The molecule has 1 saturated heterocycles. The lowest BCUT2D eigenvalue weighted by Crippen LogP contribution is -2.67. The van der Waals surface area contributed by atoms with E-state index < -0.39 is 61.4 Å². The van der Waals surface area contributed by atoms with E-state index >= 15 is 0 Å². The van der Waals surface area contributed by atoms with Crippen molar-refractivity contribution in [3.05, 3.63) is 11.6 Å². The van der Waals surface area contributed by atoms with Crippen LogP contribution >= 0.6 is 0 Å². The summed E-state index contributed by atoms with van der Waals surface area (Å²) < 4.78 is 10.3. The standard InChI is InChI=1S/C15H27NO8/c1-6-11(19)7(4-17)3-8(12(6)20)16-10-9(5-18)24-15(23-2)14(22)13(10)21/h3,6,8-22H,4-5H2,1-2H3/t6?,8-,9-,10?,11+,12-,13+,14?,15-/m1/s1. The summed E-state index contributed by atoms with van der Waals surface area (Å²) in [5.74, 6) is -0.541. The first-order valence-electron chi connectivity index (χ1n) is 7.94. The van der Waals surface area contributed by atoms with Crippen LogP contribution in [0.5, 0.6) is 0 Å². The largest absolute Gasteiger partial charge is 0.394 e. The Morgan fingerprint density at radius 2 is 1.79 bits per heavy atom. The molecule has 9 heteroatoms. The molecule has 0 radical (unpaired) electrons. The number of ether oxygens (including phenoxy) is 2. The minimum absolute atomic E-state index is 0.354. The third-order valence-electron chi connectivity index (χ3n) is 4.86. The van der Waals surface area contributed by atoms with Gasteiger partial charge in [0.2, 0.25) is 0 Å². The molecular weight excluding hydrogens is 322 g/mol.